The molecule has 1 aromatic heterocycles. The molecule has 2 N–H and O–H groups in total. The third kappa shape index (κ3) is 2.47. The lowest BCUT2D eigenvalue weighted by atomic mass is 10.1. The predicted molar refractivity (Wildman–Crippen MR) is 62.7 cm³/mol. The van der Waals surface area contributed by atoms with E-state index in [0.717, 1.165) is 0 Å². The first-order valence-corrected chi connectivity index (χ1v) is 5.27. The van der Waals surface area contributed by atoms with E-state index in [4.69, 9.17) is 4.42 Å². The molecular weight excluding hydrogens is 218 g/mol. The van der Waals surface area contributed by atoms with Gasteiger partial charge in [0, 0.05) is 0 Å². The van der Waals surface area contributed by atoms with Crippen LogP contribution in [0.25, 0.3) is 0 Å². The molecule has 2 aromatic rings. The summed E-state index contributed by atoms with van der Waals surface area (Å²) in [6.45, 7) is 2.05. The number of furan rings is 1. The molecule has 0 aliphatic rings. The average molecular weight is 231 g/mol. The van der Waals surface area contributed by atoms with E-state index in [2.05, 4.69) is 5.32 Å². The predicted octanol–water partition coefficient (Wildman–Crippen LogP) is 2.22. The van der Waals surface area contributed by atoms with Gasteiger partial charge in [0.05, 0.1) is 18.4 Å². The molecule has 0 unspecified atom stereocenters. The van der Waals surface area contributed by atoms with Crippen molar-refractivity contribution in [2.24, 2.45) is 0 Å². The van der Waals surface area contributed by atoms with Crippen LogP contribution in [0.2, 0.25) is 0 Å². The second-order valence-corrected chi connectivity index (χ2v) is 3.73. The molecular formula is C13H13NO3. The van der Waals surface area contributed by atoms with Crippen molar-refractivity contribution in [1.82, 2.24) is 5.32 Å². The summed E-state index contributed by atoms with van der Waals surface area (Å²) < 4.78 is 5.10. The van der Waals surface area contributed by atoms with Gasteiger partial charge in [0.2, 0.25) is 0 Å². The minimum atomic E-state index is -0.317. The van der Waals surface area contributed by atoms with Gasteiger partial charge in [-0.3, -0.25) is 4.79 Å². The summed E-state index contributed by atoms with van der Waals surface area (Å²) in [5.41, 5.74) is 0.951. The Morgan fingerprint density at radius 2 is 2.18 bits per heavy atom. The molecule has 17 heavy (non-hydrogen) atoms. The minimum Gasteiger partial charge on any atom is -0.507 e. The SMILES string of the molecule is Cc1cccc(C(=O)NCc2ccco2)c1O. The Morgan fingerprint density at radius 3 is 2.88 bits per heavy atom. The van der Waals surface area contributed by atoms with Crippen LogP contribution in [0.15, 0.2) is 41.0 Å². The number of phenolic OH excluding ortho intramolecular Hbond substituents is 1. The van der Waals surface area contributed by atoms with Gasteiger partial charge in [-0.2, -0.15) is 0 Å². The lowest BCUT2D eigenvalue weighted by Crippen LogP contribution is -2.22. The maximum Gasteiger partial charge on any atom is 0.255 e. The van der Waals surface area contributed by atoms with E-state index in [1.165, 1.54) is 0 Å². The van der Waals surface area contributed by atoms with Gasteiger partial charge in [-0.25, -0.2) is 0 Å². The fourth-order valence-electron chi connectivity index (χ4n) is 1.52. The van der Waals surface area contributed by atoms with Gasteiger partial charge >= 0.3 is 0 Å². The second-order valence-electron chi connectivity index (χ2n) is 3.73. The summed E-state index contributed by atoms with van der Waals surface area (Å²) in [6, 6.07) is 8.59. The zero-order valence-electron chi connectivity index (χ0n) is 9.43. The summed E-state index contributed by atoms with van der Waals surface area (Å²) in [5, 5.41) is 12.4. The molecule has 88 valence electrons. The van der Waals surface area contributed by atoms with Crippen molar-refractivity contribution in [1.29, 1.82) is 0 Å². The molecule has 1 aromatic carbocycles. The Bertz CT molecular complexity index is 517. The number of carbonyl (C=O) groups is 1. The third-order valence-electron chi connectivity index (χ3n) is 2.49. The smallest absolute Gasteiger partial charge is 0.255 e. The molecule has 1 heterocycles. The van der Waals surface area contributed by atoms with Crippen LogP contribution in [0.1, 0.15) is 21.7 Å². The summed E-state index contributed by atoms with van der Waals surface area (Å²) in [7, 11) is 0. The van der Waals surface area contributed by atoms with Crippen molar-refractivity contribution in [3.05, 3.63) is 53.5 Å². The van der Waals surface area contributed by atoms with Gasteiger partial charge in [-0.05, 0) is 30.7 Å². The fourth-order valence-corrected chi connectivity index (χ4v) is 1.52. The van der Waals surface area contributed by atoms with Crippen molar-refractivity contribution < 1.29 is 14.3 Å². The van der Waals surface area contributed by atoms with Crippen LogP contribution in [0, 0.1) is 6.92 Å². The quantitative estimate of drug-likeness (QED) is 0.851. The van der Waals surface area contributed by atoms with E-state index >= 15 is 0 Å². The fraction of sp³-hybridized carbons (Fsp3) is 0.154. The molecule has 2 rings (SSSR count). The van der Waals surface area contributed by atoms with Gasteiger partial charge in [-0.1, -0.05) is 12.1 Å². The summed E-state index contributed by atoms with van der Waals surface area (Å²) in [6.07, 6.45) is 1.55. The van der Waals surface area contributed by atoms with E-state index in [9.17, 15) is 9.90 Å². The number of aryl methyl sites for hydroxylation is 1. The van der Waals surface area contributed by atoms with Gasteiger partial charge in [0.1, 0.15) is 11.5 Å². The maximum absolute atomic E-state index is 11.8. The van der Waals surface area contributed by atoms with Crippen LogP contribution in [0.5, 0.6) is 5.75 Å². The van der Waals surface area contributed by atoms with Crippen molar-refractivity contribution in [3.8, 4) is 5.75 Å². The number of para-hydroxylation sites is 1. The topological polar surface area (TPSA) is 62.5 Å². The highest BCUT2D eigenvalue weighted by molar-refractivity contribution is 5.97. The lowest BCUT2D eigenvalue weighted by Gasteiger charge is -2.07. The van der Waals surface area contributed by atoms with Crippen LogP contribution in [0.4, 0.5) is 0 Å². The minimum absolute atomic E-state index is 0.0180. The molecule has 4 nitrogen and oxygen atoms in total. The number of nitrogens with one attached hydrogen (secondary N) is 1. The molecule has 0 saturated carbocycles. The molecule has 1 amide bonds. The molecule has 0 fully saturated rings. The van der Waals surface area contributed by atoms with Gasteiger partial charge in [0.25, 0.3) is 5.91 Å². The first kappa shape index (κ1) is 11.3. The maximum atomic E-state index is 11.8. The normalized spacial score (nSPS) is 10.2. The standard InChI is InChI=1S/C13H13NO3/c1-9-4-2-6-11(12(9)15)13(16)14-8-10-5-3-7-17-10/h2-7,15H,8H2,1H3,(H,14,16). The average Bonchev–Trinajstić information content (AvgIpc) is 2.82. The van der Waals surface area contributed by atoms with Crippen molar-refractivity contribution >= 4 is 5.91 Å². The molecule has 0 spiro atoms. The number of amides is 1. The van der Waals surface area contributed by atoms with Crippen LogP contribution in [-0.4, -0.2) is 11.0 Å². The van der Waals surface area contributed by atoms with Crippen LogP contribution < -0.4 is 5.32 Å². The highest BCUT2D eigenvalue weighted by Crippen LogP contribution is 2.21. The van der Waals surface area contributed by atoms with Gasteiger partial charge in [-0.15, -0.1) is 0 Å². The zero-order chi connectivity index (χ0) is 12.3. The van der Waals surface area contributed by atoms with Crippen LogP contribution in [0.3, 0.4) is 0 Å². The zero-order valence-corrected chi connectivity index (χ0v) is 9.43. The Kier molecular flexibility index (Phi) is 3.14. The Hall–Kier alpha value is -2.23. The highest BCUT2D eigenvalue weighted by atomic mass is 16.3. The molecule has 4 heteroatoms. The van der Waals surface area contributed by atoms with E-state index in [-0.39, 0.29) is 17.2 Å². The first-order valence-electron chi connectivity index (χ1n) is 5.27. The van der Waals surface area contributed by atoms with Gasteiger partial charge in [0.15, 0.2) is 0 Å². The first-order chi connectivity index (χ1) is 8.18. The third-order valence-corrected chi connectivity index (χ3v) is 2.49. The number of aromatic hydroxyl groups is 1. The molecule has 0 saturated heterocycles. The number of hydrogen-bond donors (Lipinski definition) is 2. The van der Waals surface area contributed by atoms with Crippen molar-refractivity contribution in [2.75, 3.05) is 0 Å². The van der Waals surface area contributed by atoms with E-state index < -0.39 is 0 Å². The molecule has 0 radical (unpaired) electrons. The molecule has 0 aliphatic carbocycles. The summed E-state index contributed by atoms with van der Waals surface area (Å²) in [4.78, 5) is 11.8. The highest BCUT2D eigenvalue weighted by Gasteiger charge is 2.12. The van der Waals surface area contributed by atoms with Crippen molar-refractivity contribution in [3.63, 3.8) is 0 Å². The number of phenols is 1. The van der Waals surface area contributed by atoms with E-state index in [0.29, 0.717) is 17.9 Å². The monoisotopic (exact) mass is 231 g/mol. The number of hydrogen-bond acceptors (Lipinski definition) is 3. The lowest BCUT2D eigenvalue weighted by molar-refractivity contribution is 0.0945. The van der Waals surface area contributed by atoms with Crippen LogP contribution in [-0.2, 0) is 6.54 Å². The Balaban J connectivity index is 2.07. The number of rotatable bonds is 3. The molecule has 0 aliphatic heterocycles. The summed E-state index contributed by atoms with van der Waals surface area (Å²) >= 11 is 0. The number of carbonyl (C=O) groups excluding carboxylic acids is 1. The van der Waals surface area contributed by atoms with E-state index in [1.54, 1.807) is 43.5 Å². The summed E-state index contributed by atoms with van der Waals surface area (Å²) in [5.74, 6) is 0.373. The van der Waals surface area contributed by atoms with E-state index in [1.807, 2.05) is 0 Å². The molecule has 0 atom stereocenters. The Morgan fingerprint density at radius 1 is 1.35 bits per heavy atom. The van der Waals surface area contributed by atoms with Crippen LogP contribution >= 0.6 is 0 Å². The largest absolute Gasteiger partial charge is 0.507 e. The Labute approximate surface area is 98.9 Å². The second kappa shape index (κ2) is 4.74. The number of benzene rings is 1. The molecule has 0 bridgehead atoms. The van der Waals surface area contributed by atoms with Gasteiger partial charge < -0.3 is 14.8 Å². The van der Waals surface area contributed by atoms with Crippen molar-refractivity contribution in [2.45, 2.75) is 13.5 Å².